The van der Waals surface area contributed by atoms with Crippen molar-refractivity contribution in [2.24, 2.45) is 56.2 Å². The predicted octanol–water partition coefficient (Wildman–Crippen LogP) is 14.2. The summed E-state index contributed by atoms with van der Waals surface area (Å²) >= 11 is 0. The van der Waals surface area contributed by atoms with Gasteiger partial charge in [-0.1, -0.05) is 173 Å². The number of rotatable bonds is 3. The first-order chi connectivity index (χ1) is 27.6. The molecule has 7 atom stereocenters. The maximum Gasteiger partial charge on any atom is 0.165 e. The van der Waals surface area contributed by atoms with Gasteiger partial charge >= 0.3 is 0 Å². The molecule has 0 amide bonds. The van der Waals surface area contributed by atoms with Crippen LogP contribution in [0.3, 0.4) is 0 Å². The van der Waals surface area contributed by atoms with Crippen LogP contribution >= 0.6 is 0 Å². The van der Waals surface area contributed by atoms with Crippen molar-refractivity contribution in [3.05, 3.63) is 123 Å². The first kappa shape index (κ1) is 44.4. The van der Waals surface area contributed by atoms with Gasteiger partial charge in [-0.3, -0.25) is 14.4 Å². The van der Waals surface area contributed by atoms with Gasteiger partial charge in [0.05, 0.1) is 0 Å². The van der Waals surface area contributed by atoms with Gasteiger partial charge in [-0.05, 0) is 138 Å². The van der Waals surface area contributed by atoms with Gasteiger partial charge in [-0.2, -0.15) is 0 Å². The van der Waals surface area contributed by atoms with E-state index in [1.165, 1.54) is 11.1 Å². The summed E-state index contributed by atoms with van der Waals surface area (Å²) in [6.07, 6.45) is 11.9. The van der Waals surface area contributed by atoms with Gasteiger partial charge in [-0.15, -0.1) is 0 Å². The molecule has 3 heteroatoms. The Morgan fingerprint density at radius 3 is 1.15 bits per heavy atom. The fourth-order valence-corrected chi connectivity index (χ4v) is 12.1. The Balaban J connectivity index is 0.000000146. The van der Waals surface area contributed by atoms with E-state index in [0.29, 0.717) is 41.0 Å². The van der Waals surface area contributed by atoms with Gasteiger partial charge in [0.1, 0.15) is 0 Å². The molecule has 7 unspecified atom stereocenters. The first-order valence-corrected chi connectivity index (χ1v) is 22.6. The molecule has 3 aromatic rings. The number of aryl methyl sites for hydroxylation is 2. The average molecular weight is 793 g/mol. The van der Waals surface area contributed by atoms with Gasteiger partial charge in [0.2, 0.25) is 0 Å². The number of Topliss-reactive ketones (excluding diaryl/α,β-unsaturated/α-hetero) is 3. The van der Waals surface area contributed by atoms with E-state index in [2.05, 4.69) is 162 Å². The van der Waals surface area contributed by atoms with Crippen LogP contribution in [0.25, 0.3) is 18.2 Å². The molecule has 0 saturated heterocycles. The third kappa shape index (κ3) is 6.91. The highest BCUT2D eigenvalue weighted by molar-refractivity contribution is 6.09. The van der Waals surface area contributed by atoms with E-state index < -0.39 is 0 Å². The molecule has 314 valence electrons. The minimum absolute atomic E-state index is 0.0834. The average Bonchev–Trinajstić information content (AvgIpc) is 3.80. The van der Waals surface area contributed by atoms with Crippen LogP contribution in [0.2, 0.25) is 0 Å². The van der Waals surface area contributed by atoms with Crippen molar-refractivity contribution in [3.63, 3.8) is 0 Å². The molecule has 6 saturated carbocycles. The van der Waals surface area contributed by atoms with Crippen molar-refractivity contribution >= 4 is 35.6 Å². The largest absolute Gasteiger partial charge is 0.294 e. The van der Waals surface area contributed by atoms with Crippen molar-refractivity contribution in [3.8, 4) is 0 Å². The topological polar surface area (TPSA) is 51.2 Å². The third-order valence-electron chi connectivity index (χ3n) is 17.5. The van der Waals surface area contributed by atoms with Crippen LogP contribution in [0.1, 0.15) is 143 Å². The van der Waals surface area contributed by atoms with E-state index >= 15 is 0 Å². The maximum atomic E-state index is 12.9. The van der Waals surface area contributed by atoms with Crippen molar-refractivity contribution in [1.29, 1.82) is 0 Å². The summed E-state index contributed by atoms with van der Waals surface area (Å²) in [6.45, 7) is 30.5. The van der Waals surface area contributed by atoms with Gasteiger partial charge in [-0.25, -0.2) is 0 Å². The summed E-state index contributed by atoms with van der Waals surface area (Å²) < 4.78 is 0. The van der Waals surface area contributed by atoms with Gasteiger partial charge in [0.15, 0.2) is 17.3 Å². The van der Waals surface area contributed by atoms with Crippen molar-refractivity contribution in [2.45, 2.75) is 129 Å². The van der Waals surface area contributed by atoms with Crippen molar-refractivity contribution in [2.75, 3.05) is 0 Å². The summed E-state index contributed by atoms with van der Waals surface area (Å²) in [7, 11) is 0. The smallest absolute Gasteiger partial charge is 0.165 e. The van der Waals surface area contributed by atoms with Crippen molar-refractivity contribution in [1.82, 2.24) is 0 Å². The van der Waals surface area contributed by atoms with Crippen LogP contribution in [0.15, 0.2) is 95.6 Å². The van der Waals surface area contributed by atoms with E-state index in [1.54, 1.807) is 0 Å². The summed E-state index contributed by atoms with van der Waals surface area (Å²) in [5.41, 5.74) is 8.97. The monoisotopic (exact) mass is 793 g/mol. The second-order valence-corrected chi connectivity index (χ2v) is 20.9. The Morgan fingerprint density at radius 2 is 0.831 bits per heavy atom. The molecule has 3 aromatic carbocycles. The quantitative estimate of drug-likeness (QED) is 0.248. The number of ketones is 3. The Labute approximate surface area is 357 Å². The summed E-state index contributed by atoms with van der Waals surface area (Å²) in [4.78, 5) is 38.3. The highest BCUT2D eigenvalue weighted by Crippen LogP contribution is 2.69. The molecule has 0 radical (unpaired) electrons. The highest BCUT2D eigenvalue weighted by atomic mass is 16.1. The third-order valence-corrected chi connectivity index (χ3v) is 17.5. The second kappa shape index (κ2) is 15.7. The molecular weight excluding hydrogens is 721 g/mol. The summed E-state index contributed by atoms with van der Waals surface area (Å²) in [5.74, 6) is 2.93. The molecule has 9 rings (SSSR count). The van der Waals surface area contributed by atoms with E-state index in [9.17, 15) is 14.4 Å². The number of benzene rings is 3. The van der Waals surface area contributed by atoms with E-state index in [1.807, 2.05) is 32.0 Å². The molecule has 6 bridgehead atoms. The first-order valence-electron chi connectivity index (χ1n) is 22.6. The van der Waals surface area contributed by atoms with E-state index in [-0.39, 0.29) is 32.5 Å². The number of hydrogen-bond donors (Lipinski definition) is 0. The van der Waals surface area contributed by atoms with Crippen LogP contribution in [0.5, 0.6) is 0 Å². The fraction of sp³-hybridized carbons (Fsp3) is 0.518. The number of carbonyl (C=O) groups is 3. The lowest BCUT2D eigenvalue weighted by Gasteiger charge is -2.35. The fourth-order valence-electron chi connectivity index (χ4n) is 12.1. The minimum atomic E-state index is -0.186. The predicted molar refractivity (Wildman–Crippen MR) is 247 cm³/mol. The highest BCUT2D eigenvalue weighted by Gasteiger charge is 2.67. The Hall–Kier alpha value is -4.11. The molecular formula is C56H72O3. The normalized spacial score (nSPS) is 34.4. The van der Waals surface area contributed by atoms with Gasteiger partial charge in [0.25, 0.3) is 0 Å². The summed E-state index contributed by atoms with van der Waals surface area (Å²) in [6, 6.07) is 27.1. The molecule has 0 N–H and O–H groups in total. The molecule has 0 aliphatic heterocycles. The number of fused-ring (bicyclic) bond motifs is 6. The summed E-state index contributed by atoms with van der Waals surface area (Å²) in [5, 5.41) is 0. The minimum Gasteiger partial charge on any atom is -0.294 e. The standard InChI is InChI=1S/C19H24O.C18H22O.C17H20O.C2H6/c1-12-6-8-14(9-7-12)11-15-16-10-13(2)19(5,17(15)20)18(16,3)4;1-12-5-7-13(8-6-12)11-14-15-9-10-18(4,16(14)19)17(15,2)3;1-16(2)14-9-10-17(16,3)15(18)13(14)11-12-7-5-4-6-8-12;1-2/h6-9,11,13,16H,10H2,1-5H3;5-8,11,15H,9-10H2,1-4H3;4-8,11,14H,9-10H2,1-3H3;1-2H3/b15-11+;14-11+;13-11+;. The zero-order valence-corrected chi connectivity index (χ0v) is 38.8. The van der Waals surface area contributed by atoms with Crippen LogP contribution in [-0.2, 0) is 14.4 Å². The zero-order valence-electron chi connectivity index (χ0n) is 38.8. The lowest BCUT2D eigenvalue weighted by Crippen LogP contribution is -2.37. The van der Waals surface area contributed by atoms with Crippen LogP contribution in [0.4, 0.5) is 0 Å². The number of hydrogen-bond acceptors (Lipinski definition) is 3. The van der Waals surface area contributed by atoms with Gasteiger partial charge in [0, 0.05) is 16.2 Å². The van der Waals surface area contributed by atoms with Crippen LogP contribution < -0.4 is 0 Å². The zero-order chi connectivity index (χ0) is 43.5. The van der Waals surface area contributed by atoms with Crippen LogP contribution in [0, 0.1) is 70.0 Å². The Morgan fingerprint density at radius 1 is 0.475 bits per heavy atom. The molecule has 59 heavy (non-hydrogen) atoms. The molecule has 6 aliphatic rings. The van der Waals surface area contributed by atoms with Crippen LogP contribution in [-0.4, -0.2) is 17.3 Å². The molecule has 0 aromatic heterocycles. The maximum absolute atomic E-state index is 12.9. The Kier molecular flexibility index (Phi) is 11.9. The second-order valence-electron chi connectivity index (χ2n) is 20.9. The molecule has 3 nitrogen and oxygen atoms in total. The van der Waals surface area contributed by atoms with Crippen molar-refractivity contribution < 1.29 is 14.4 Å². The number of carbonyl (C=O) groups excluding carboxylic acids is 3. The molecule has 0 spiro atoms. The van der Waals surface area contributed by atoms with Gasteiger partial charge < -0.3 is 0 Å². The Bertz CT molecular complexity index is 2170. The SMILES string of the molecule is CC.CC12CCC(/C(=C\c3ccccc3)C1=O)C2(C)C.Cc1ccc(/C=C2/C(=O)C3(C)C(C)CC2C3(C)C)cc1.Cc1ccc(/C=C2/C(=O)C3(C)CCC2C3(C)C)cc1. The molecule has 6 aliphatic carbocycles. The lowest BCUT2D eigenvalue weighted by atomic mass is 9.66. The lowest BCUT2D eigenvalue weighted by molar-refractivity contribution is -0.128. The van der Waals surface area contributed by atoms with E-state index in [4.69, 9.17) is 0 Å². The van der Waals surface area contributed by atoms with E-state index in [0.717, 1.165) is 65.5 Å². The molecule has 6 fully saturated rings. The number of allylic oxidation sites excluding steroid dienone is 3. The molecule has 0 heterocycles.